The molecule has 5 aromatic carbocycles. The molecular formula is C37H34N4O2Si. The van der Waals surface area contributed by atoms with Gasteiger partial charge >= 0.3 is 0 Å². The standard InChI is InChI=1S/C37H34N4O2Si/c1-6-40(7-2)39-38-32-24-27(25-33(26-32)41(42)43)16-17-30-20-18-28-12-8-10-14-34(28)36(30)37-31(22-23-44(3,4)5)21-19-29-13-9-11-15-35(29)37/h8-15,18-21,24-26H,6-7H2,1-5H3. The van der Waals surface area contributed by atoms with Crippen molar-refractivity contribution >= 4 is 41.0 Å². The van der Waals surface area contributed by atoms with Gasteiger partial charge in [0.2, 0.25) is 0 Å². The zero-order valence-corrected chi connectivity index (χ0v) is 26.7. The van der Waals surface area contributed by atoms with Crippen LogP contribution in [0.4, 0.5) is 11.4 Å². The quantitative estimate of drug-likeness (QED) is 0.0646. The molecule has 44 heavy (non-hydrogen) atoms. The Balaban J connectivity index is 1.76. The van der Waals surface area contributed by atoms with E-state index in [4.69, 9.17) is 0 Å². The van der Waals surface area contributed by atoms with Gasteiger partial charge in [0.25, 0.3) is 5.69 Å². The summed E-state index contributed by atoms with van der Waals surface area (Å²) in [5.74, 6) is 10.1. The van der Waals surface area contributed by atoms with Crippen molar-refractivity contribution in [1.29, 1.82) is 0 Å². The Hall–Kier alpha value is -5.24. The Morgan fingerprint density at radius 3 is 1.86 bits per heavy atom. The van der Waals surface area contributed by atoms with E-state index < -0.39 is 13.0 Å². The van der Waals surface area contributed by atoms with Gasteiger partial charge in [-0.2, -0.15) is 0 Å². The third-order valence-electron chi connectivity index (χ3n) is 7.15. The van der Waals surface area contributed by atoms with Crippen LogP contribution in [0.25, 0.3) is 32.7 Å². The molecule has 0 N–H and O–H groups in total. The van der Waals surface area contributed by atoms with Crippen LogP contribution < -0.4 is 0 Å². The van der Waals surface area contributed by atoms with Crippen LogP contribution in [0.2, 0.25) is 19.6 Å². The molecule has 0 aromatic heterocycles. The van der Waals surface area contributed by atoms with E-state index in [0.29, 0.717) is 24.3 Å². The second kappa shape index (κ2) is 13.0. The summed E-state index contributed by atoms with van der Waals surface area (Å²) in [5.41, 5.74) is 8.16. The summed E-state index contributed by atoms with van der Waals surface area (Å²) in [5, 5.41) is 26.4. The van der Waals surface area contributed by atoms with Crippen LogP contribution >= 0.6 is 0 Å². The second-order valence-electron chi connectivity index (χ2n) is 11.5. The number of nitrogens with zero attached hydrogens (tertiary/aromatic N) is 4. The molecule has 5 rings (SSSR count). The first-order valence-corrected chi connectivity index (χ1v) is 18.2. The van der Waals surface area contributed by atoms with Crippen molar-refractivity contribution in [1.82, 2.24) is 5.01 Å². The highest BCUT2D eigenvalue weighted by Gasteiger charge is 2.17. The lowest BCUT2D eigenvalue weighted by Gasteiger charge is -2.15. The summed E-state index contributed by atoms with van der Waals surface area (Å²) in [4.78, 5) is 11.3. The van der Waals surface area contributed by atoms with E-state index in [1.807, 2.05) is 38.1 Å². The molecule has 0 aliphatic rings. The Morgan fingerprint density at radius 1 is 0.750 bits per heavy atom. The molecule has 6 nitrogen and oxygen atoms in total. The topological polar surface area (TPSA) is 71.1 Å². The zero-order chi connectivity index (χ0) is 31.3. The fraction of sp³-hybridized carbons (Fsp3) is 0.189. The fourth-order valence-electron chi connectivity index (χ4n) is 4.98. The van der Waals surface area contributed by atoms with Crippen molar-refractivity contribution < 1.29 is 4.92 Å². The molecule has 0 saturated carbocycles. The zero-order valence-electron chi connectivity index (χ0n) is 25.7. The molecule has 0 bridgehead atoms. The summed E-state index contributed by atoms with van der Waals surface area (Å²) in [6.45, 7) is 12.0. The van der Waals surface area contributed by atoms with E-state index in [-0.39, 0.29) is 5.69 Å². The highest BCUT2D eigenvalue weighted by Crippen LogP contribution is 2.39. The molecule has 0 aliphatic carbocycles. The Kier molecular flexibility index (Phi) is 8.90. The highest BCUT2D eigenvalue weighted by atomic mass is 28.3. The Morgan fingerprint density at radius 2 is 1.32 bits per heavy atom. The molecular weight excluding hydrogens is 561 g/mol. The monoisotopic (exact) mass is 594 g/mol. The Bertz CT molecular complexity index is 2030. The molecule has 218 valence electrons. The van der Waals surface area contributed by atoms with Crippen LogP contribution in [-0.4, -0.2) is 31.1 Å². The highest BCUT2D eigenvalue weighted by molar-refractivity contribution is 6.83. The largest absolute Gasteiger partial charge is 0.279 e. The van der Waals surface area contributed by atoms with Gasteiger partial charge in [0.15, 0.2) is 0 Å². The number of nitro benzene ring substituents is 1. The van der Waals surface area contributed by atoms with E-state index in [0.717, 1.165) is 43.8 Å². The van der Waals surface area contributed by atoms with Gasteiger partial charge in [-0.15, -0.1) is 10.7 Å². The number of fused-ring (bicyclic) bond motifs is 2. The van der Waals surface area contributed by atoms with Gasteiger partial charge in [0, 0.05) is 53.0 Å². The molecule has 5 aromatic rings. The molecule has 0 unspecified atom stereocenters. The van der Waals surface area contributed by atoms with Gasteiger partial charge in [-0.3, -0.25) is 15.1 Å². The molecule has 0 radical (unpaired) electrons. The molecule has 0 atom stereocenters. The van der Waals surface area contributed by atoms with E-state index in [1.165, 1.54) is 12.1 Å². The maximum absolute atomic E-state index is 11.8. The lowest BCUT2D eigenvalue weighted by atomic mass is 9.87. The van der Waals surface area contributed by atoms with Crippen LogP contribution in [0, 0.1) is 33.4 Å². The molecule has 0 aliphatic heterocycles. The summed E-state index contributed by atoms with van der Waals surface area (Å²) >= 11 is 0. The first-order valence-electron chi connectivity index (χ1n) is 14.7. The third kappa shape index (κ3) is 6.86. The summed E-state index contributed by atoms with van der Waals surface area (Å²) in [6, 6.07) is 29.6. The van der Waals surface area contributed by atoms with Crippen LogP contribution in [0.3, 0.4) is 0 Å². The molecule has 0 amide bonds. The molecule has 0 saturated heterocycles. The maximum atomic E-state index is 11.8. The van der Waals surface area contributed by atoms with Crippen molar-refractivity contribution in [2.75, 3.05) is 13.1 Å². The molecule has 0 spiro atoms. The van der Waals surface area contributed by atoms with Gasteiger partial charge < -0.3 is 0 Å². The number of nitro groups is 1. The lowest BCUT2D eigenvalue weighted by Crippen LogP contribution is -2.16. The summed E-state index contributed by atoms with van der Waals surface area (Å²) < 4.78 is 0. The van der Waals surface area contributed by atoms with Crippen molar-refractivity contribution in [2.45, 2.75) is 33.5 Å². The van der Waals surface area contributed by atoms with Crippen LogP contribution in [0.5, 0.6) is 0 Å². The predicted molar refractivity (Wildman–Crippen MR) is 184 cm³/mol. The van der Waals surface area contributed by atoms with Crippen molar-refractivity contribution in [2.24, 2.45) is 10.3 Å². The number of rotatable bonds is 6. The van der Waals surface area contributed by atoms with Crippen LogP contribution in [0.1, 0.15) is 30.5 Å². The van der Waals surface area contributed by atoms with Crippen LogP contribution in [-0.2, 0) is 0 Å². The average Bonchev–Trinajstić information content (AvgIpc) is 3.02. The molecule has 0 heterocycles. The number of non-ortho nitro benzene ring substituents is 1. The van der Waals surface area contributed by atoms with Gasteiger partial charge in [-0.1, -0.05) is 103 Å². The molecule has 7 heteroatoms. The molecule has 0 fully saturated rings. The van der Waals surface area contributed by atoms with E-state index in [2.05, 4.69) is 102 Å². The first-order chi connectivity index (χ1) is 21.2. The predicted octanol–water partition coefficient (Wildman–Crippen LogP) is 9.54. The van der Waals surface area contributed by atoms with E-state index in [1.54, 1.807) is 11.1 Å². The van der Waals surface area contributed by atoms with Crippen LogP contribution in [0.15, 0.2) is 101 Å². The average molecular weight is 595 g/mol. The number of hydrogen-bond acceptors (Lipinski definition) is 4. The number of benzene rings is 5. The first kappa shape index (κ1) is 30.2. The van der Waals surface area contributed by atoms with Crippen molar-refractivity contribution in [3.05, 3.63) is 118 Å². The minimum atomic E-state index is -1.66. The Labute approximate surface area is 259 Å². The van der Waals surface area contributed by atoms with E-state index in [9.17, 15) is 10.1 Å². The fourth-order valence-corrected chi connectivity index (χ4v) is 5.49. The smallest absolute Gasteiger partial charge is 0.272 e. The normalized spacial score (nSPS) is 11.2. The minimum absolute atomic E-state index is 0.0815. The van der Waals surface area contributed by atoms with Gasteiger partial charge in [-0.05, 0) is 53.6 Å². The van der Waals surface area contributed by atoms with E-state index >= 15 is 0 Å². The minimum Gasteiger partial charge on any atom is -0.279 e. The summed E-state index contributed by atoms with van der Waals surface area (Å²) in [6.07, 6.45) is 0. The van der Waals surface area contributed by atoms with Gasteiger partial charge in [0.1, 0.15) is 8.07 Å². The summed E-state index contributed by atoms with van der Waals surface area (Å²) in [7, 11) is -1.66. The number of hydrogen-bond donors (Lipinski definition) is 0. The van der Waals surface area contributed by atoms with Gasteiger partial charge in [0.05, 0.1) is 10.6 Å². The maximum Gasteiger partial charge on any atom is 0.272 e. The SMILES string of the molecule is CCN(CC)N=Nc1cc(C#Cc2ccc3ccccc3c2-c2c(C#C[Si](C)(C)C)ccc3ccccc23)cc([N+](=O)[O-])c1. The van der Waals surface area contributed by atoms with Crippen molar-refractivity contribution in [3.63, 3.8) is 0 Å². The lowest BCUT2D eigenvalue weighted by molar-refractivity contribution is -0.384. The second-order valence-corrected chi connectivity index (χ2v) is 16.2. The third-order valence-corrected chi connectivity index (χ3v) is 8.03. The van der Waals surface area contributed by atoms with Gasteiger partial charge in [-0.25, -0.2) is 0 Å². The van der Waals surface area contributed by atoms with Crippen molar-refractivity contribution in [3.8, 4) is 34.4 Å².